The summed E-state index contributed by atoms with van der Waals surface area (Å²) in [4.78, 5) is 40.3. The van der Waals surface area contributed by atoms with Crippen LogP contribution in [0.3, 0.4) is 0 Å². The molecule has 8 heteroatoms. The van der Waals surface area contributed by atoms with Crippen molar-refractivity contribution in [3.05, 3.63) is 88.3 Å². The number of thioether (sulfide) groups is 1. The van der Waals surface area contributed by atoms with E-state index in [1.165, 1.54) is 7.11 Å². The van der Waals surface area contributed by atoms with Gasteiger partial charge in [-0.25, -0.2) is 4.79 Å². The number of esters is 2. The Hall–Kier alpha value is -3.52. The van der Waals surface area contributed by atoms with Gasteiger partial charge < -0.3 is 19.5 Å². The van der Waals surface area contributed by atoms with Gasteiger partial charge in [-0.1, -0.05) is 62.4 Å². The number of Topliss-reactive ketones (excluding diaryl/α,β-unsaturated/α-hetero) is 1. The molecule has 4 rings (SSSR count). The minimum atomic E-state index is -0.952. The molecule has 2 aromatic rings. The van der Waals surface area contributed by atoms with Crippen molar-refractivity contribution < 1.29 is 28.6 Å². The Morgan fingerprint density at radius 3 is 2.51 bits per heavy atom. The van der Waals surface area contributed by atoms with Crippen LogP contribution >= 0.6 is 11.8 Å². The number of para-hydroxylation sites is 1. The lowest BCUT2D eigenvalue weighted by molar-refractivity contribution is -0.151. The zero-order valence-electron chi connectivity index (χ0n) is 22.8. The van der Waals surface area contributed by atoms with Gasteiger partial charge in [0.05, 0.1) is 18.6 Å². The van der Waals surface area contributed by atoms with E-state index in [-0.39, 0.29) is 18.3 Å². The number of hydrogen-bond acceptors (Lipinski definition) is 8. The average Bonchev–Trinajstić information content (AvgIpc) is 2.94. The zero-order chi connectivity index (χ0) is 27.9. The summed E-state index contributed by atoms with van der Waals surface area (Å²) in [5.74, 6) is -1.21. The minimum absolute atomic E-state index is 0.256. The van der Waals surface area contributed by atoms with Crippen LogP contribution in [0.25, 0.3) is 0 Å². The van der Waals surface area contributed by atoms with Crippen molar-refractivity contribution in [2.75, 3.05) is 25.2 Å². The lowest BCUT2D eigenvalue weighted by Gasteiger charge is -2.38. The summed E-state index contributed by atoms with van der Waals surface area (Å²) in [5, 5.41) is 3.31. The van der Waals surface area contributed by atoms with Crippen LogP contribution in [0.2, 0.25) is 0 Å². The van der Waals surface area contributed by atoms with Crippen LogP contribution in [-0.4, -0.2) is 42.9 Å². The Kier molecular flexibility index (Phi) is 9.51. The van der Waals surface area contributed by atoms with Gasteiger partial charge in [0.1, 0.15) is 24.9 Å². The van der Waals surface area contributed by atoms with E-state index in [0.29, 0.717) is 52.6 Å². The monoisotopic (exact) mass is 549 g/mol. The SMILES string of the molecule is CCSCCOC(=O)C1=C(C)NC2=C(C(=O)[C@H](C(=O)OC)[C@H](C)C2)[C@H]1c1ccccc1OCc1ccccc1. The topological polar surface area (TPSA) is 90.9 Å². The van der Waals surface area contributed by atoms with E-state index in [9.17, 15) is 14.4 Å². The number of methoxy groups -OCH3 is 1. The van der Waals surface area contributed by atoms with Crippen molar-refractivity contribution in [3.8, 4) is 5.75 Å². The minimum Gasteiger partial charge on any atom is -0.489 e. The van der Waals surface area contributed by atoms with E-state index in [1.807, 2.05) is 75.4 Å². The first-order chi connectivity index (χ1) is 18.9. The van der Waals surface area contributed by atoms with Crippen LogP contribution in [-0.2, 0) is 30.5 Å². The number of rotatable bonds is 10. The fourth-order valence-corrected chi connectivity index (χ4v) is 5.75. The molecule has 7 nitrogen and oxygen atoms in total. The van der Waals surface area contributed by atoms with Crippen LogP contribution in [0.4, 0.5) is 0 Å². The van der Waals surface area contributed by atoms with E-state index in [2.05, 4.69) is 5.32 Å². The van der Waals surface area contributed by atoms with E-state index in [1.54, 1.807) is 11.8 Å². The second-order valence-corrected chi connectivity index (χ2v) is 11.1. The van der Waals surface area contributed by atoms with Crippen molar-refractivity contribution in [1.29, 1.82) is 0 Å². The molecule has 39 heavy (non-hydrogen) atoms. The molecule has 1 aliphatic heterocycles. The maximum atomic E-state index is 14.0. The summed E-state index contributed by atoms with van der Waals surface area (Å²) in [6.07, 6.45) is 0.469. The highest BCUT2D eigenvalue weighted by molar-refractivity contribution is 7.99. The molecule has 1 N–H and O–H groups in total. The first kappa shape index (κ1) is 28.5. The summed E-state index contributed by atoms with van der Waals surface area (Å²) in [7, 11) is 1.29. The molecule has 0 spiro atoms. The third-order valence-electron chi connectivity index (χ3n) is 7.10. The number of carbonyl (C=O) groups excluding carboxylic acids is 3. The van der Waals surface area contributed by atoms with E-state index < -0.39 is 23.8 Å². The van der Waals surface area contributed by atoms with E-state index >= 15 is 0 Å². The molecule has 2 aromatic carbocycles. The van der Waals surface area contributed by atoms with E-state index in [4.69, 9.17) is 14.2 Å². The van der Waals surface area contributed by atoms with Gasteiger partial charge in [0.15, 0.2) is 5.78 Å². The number of dihydropyridines is 1. The predicted octanol–water partition coefficient (Wildman–Crippen LogP) is 5.17. The summed E-state index contributed by atoms with van der Waals surface area (Å²) in [5.41, 5.74) is 3.73. The predicted molar refractivity (Wildman–Crippen MR) is 151 cm³/mol. The van der Waals surface area contributed by atoms with Gasteiger partial charge >= 0.3 is 11.9 Å². The Labute approximate surface area is 234 Å². The second kappa shape index (κ2) is 13.0. The van der Waals surface area contributed by atoms with Gasteiger partial charge in [-0.05, 0) is 36.6 Å². The van der Waals surface area contributed by atoms with Gasteiger partial charge in [0.25, 0.3) is 0 Å². The van der Waals surface area contributed by atoms with Crippen molar-refractivity contribution in [3.63, 3.8) is 0 Å². The van der Waals surface area contributed by atoms with Gasteiger partial charge in [-0.2, -0.15) is 11.8 Å². The number of carbonyl (C=O) groups is 3. The number of benzene rings is 2. The molecule has 0 bridgehead atoms. The van der Waals surface area contributed by atoms with E-state index in [0.717, 1.165) is 11.3 Å². The molecule has 0 amide bonds. The summed E-state index contributed by atoms with van der Waals surface area (Å²) in [6, 6.07) is 17.2. The fourth-order valence-electron chi connectivity index (χ4n) is 5.26. The van der Waals surface area contributed by atoms with Crippen LogP contribution in [0.1, 0.15) is 44.2 Å². The highest BCUT2D eigenvalue weighted by atomic mass is 32.2. The number of ketones is 1. The largest absolute Gasteiger partial charge is 0.489 e. The first-order valence-corrected chi connectivity index (χ1v) is 14.4. The summed E-state index contributed by atoms with van der Waals surface area (Å²) in [6.45, 7) is 6.32. The third-order valence-corrected chi connectivity index (χ3v) is 7.96. The van der Waals surface area contributed by atoms with Crippen LogP contribution < -0.4 is 10.1 Å². The van der Waals surface area contributed by atoms with Crippen LogP contribution in [0.15, 0.2) is 77.1 Å². The smallest absolute Gasteiger partial charge is 0.336 e. The molecular weight excluding hydrogens is 514 g/mol. The molecular formula is C31H35NO6S. The lowest BCUT2D eigenvalue weighted by Crippen LogP contribution is -2.43. The Balaban J connectivity index is 1.78. The maximum absolute atomic E-state index is 14.0. The molecule has 0 radical (unpaired) electrons. The zero-order valence-corrected chi connectivity index (χ0v) is 23.6. The Morgan fingerprint density at radius 1 is 1.08 bits per heavy atom. The van der Waals surface area contributed by atoms with Crippen molar-refractivity contribution in [1.82, 2.24) is 5.32 Å². The number of allylic oxidation sites excluding steroid dienone is 3. The van der Waals surface area contributed by atoms with Gasteiger partial charge in [-0.15, -0.1) is 0 Å². The molecule has 0 unspecified atom stereocenters. The third kappa shape index (κ3) is 6.22. The van der Waals surface area contributed by atoms with Gasteiger partial charge in [0.2, 0.25) is 0 Å². The molecule has 3 atom stereocenters. The molecule has 0 saturated carbocycles. The Morgan fingerprint density at radius 2 is 1.79 bits per heavy atom. The molecule has 0 saturated heterocycles. The molecule has 0 aromatic heterocycles. The van der Waals surface area contributed by atoms with Crippen molar-refractivity contribution in [2.24, 2.45) is 11.8 Å². The van der Waals surface area contributed by atoms with Crippen LogP contribution in [0.5, 0.6) is 5.75 Å². The lowest BCUT2D eigenvalue weighted by atomic mass is 9.69. The summed E-state index contributed by atoms with van der Waals surface area (Å²) >= 11 is 1.68. The Bertz CT molecular complexity index is 1280. The average molecular weight is 550 g/mol. The molecule has 0 fully saturated rings. The molecule has 1 heterocycles. The van der Waals surface area contributed by atoms with Gasteiger partial charge in [-0.3, -0.25) is 9.59 Å². The normalized spacial score (nSPS) is 20.7. The standard InChI is InChI=1S/C31H35NO6S/c1-5-39-16-15-37-31(35)26-20(3)32-23-17-19(2)25(30(34)36-4)29(33)28(23)27(26)22-13-9-10-14-24(22)38-18-21-11-7-6-8-12-21/h6-14,19,25,27,32H,5,15-18H2,1-4H3/t19-,25-,27+/m1/s1. The highest BCUT2D eigenvalue weighted by Crippen LogP contribution is 2.47. The quantitative estimate of drug-likeness (QED) is 0.247. The number of nitrogens with one attached hydrogen (secondary N) is 1. The fraction of sp³-hybridized carbons (Fsp3) is 0.387. The van der Waals surface area contributed by atoms with Crippen LogP contribution in [0, 0.1) is 11.8 Å². The maximum Gasteiger partial charge on any atom is 0.336 e. The summed E-state index contributed by atoms with van der Waals surface area (Å²) < 4.78 is 16.9. The highest BCUT2D eigenvalue weighted by Gasteiger charge is 2.47. The van der Waals surface area contributed by atoms with Crippen molar-refractivity contribution in [2.45, 2.75) is 39.7 Å². The van der Waals surface area contributed by atoms with Gasteiger partial charge in [0, 0.05) is 28.3 Å². The second-order valence-electron chi connectivity index (χ2n) is 9.68. The number of hydrogen-bond donors (Lipinski definition) is 1. The molecule has 2 aliphatic rings. The van der Waals surface area contributed by atoms with Crippen molar-refractivity contribution >= 4 is 29.5 Å². The number of ether oxygens (including phenoxy) is 3. The molecule has 206 valence electrons. The first-order valence-electron chi connectivity index (χ1n) is 13.2. The molecule has 1 aliphatic carbocycles.